The van der Waals surface area contributed by atoms with E-state index in [9.17, 15) is 17.7 Å². The van der Waals surface area contributed by atoms with Gasteiger partial charge in [0.05, 0.1) is 34.9 Å². The van der Waals surface area contributed by atoms with Crippen molar-refractivity contribution in [2.45, 2.75) is 57.7 Å². The molecule has 2 aromatic rings. The number of nitrogens with zero attached hydrogens (tertiary/aromatic N) is 3. The molecule has 1 aromatic heterocycles. The van der Waals surface area contributed by atoms with E-state index in [1.807, 2.05) is 0 Å². The van der Waals surface area contributed by atoms with Crippen molar-refractivity contribution in [2.75, 3.05) is 6.61 Å². The lowest BCUT2D eigenvalue weighted by molar-refractivity contribution is -0.138. The van der Waals surface area contributed by atoms with Crippen molar-refractivity contribution >= 4 is 28.5 Å². The van der Waals surface area contributed by atoms with Crippen molar-refractivity contribution in [3.8, 4) is 0 Å². The molecule has 2 heterocycles. The lowest BCUT2D eigenvalue weighted by Crippen LogP contribution is -2.19. The fourth-order valence-corrected chi connectivity index (χ4v) is 3.68. The van der Waals surface area contributed by atoms with Crippen LogP contribution in [0.4, 0.5) is 13.2 Å². The van der Waals surface area contributed by atoms with E-state index in [4.69, 9.17) is 4.74 Å². The highest BCUT2D eigenvalue weighted by Crippen LogP contribution is 2.38. The molecule has 0 spiro atoms. The Bertz CT molecular complexity index is 842. The third-order valence-electron chi connectivity index (χ3n) is 4.54. The van der Waals surface area contributed by atoms with Crippen LogP contribution in [0.15, 0.2) is 16.7 Å². The molecule has 0 aliphatic carbocycles. The predicted molar refractivity (Wildman–Crippen MR) is 99.2 cm³/mol. The van der Waals surface area contributed by atoms with Crippen molar-refractivity contribution in [3.63, 3.8) is 0 Å². The van der Waals surface area contributed by atoms with Gasteiger partial charge in [-0.15, -0.1) is 0 Å². The van der Waals surface area contributed by atoms with Crippen LogP contribution in [0.3, 0.4) is 0 Å². The van der Waals surface area contributed by atoms with Gasteiger partial charge in [-0.25, -0.2) is 4.68 Å². The summed E-state index contributed by atoms with van der Waals surface area (Å²) >= 11 is -1.60. The van der Waals surface area contributed by atoms with E-state index in [1.165, 1.54) is 19.2 Å². The Labute approximate surface area is 158 Å². The number of benzene rings is 1. The van der Waals surface area contributed by atoms with Crippen LogP contribution in [0.1, 0.15) is 56.0 Å². The summed E-state index contributed by atoms with van der Waals surface area (Å²) < 4.78 is 64.2. The molecule has 2 unspecified atom stereocenters. The first-order chi connectivity index (χ1) is 12.7. The summed E-state index contributed by atoms with van der Waals surface area (Å²) in [5, 5.41) is 4.34. The Morgan fingerprint density at radius 3 is 2.74 bits per heavy atom. The first-order valence-electron chi connectivity index (χ1n) is 8.84. The molecular formula is C18H22F3N3O2S. The smallest absolute Gasteiger partial charge is 0.417 e. The fourth-order valence-electron chi connectivity index (χ4n) is 3.23. The van der Waals surface area contributed by atoms with Crippen LogP contribution < -0.4 is 0 Å². The topological polar surface area (TPSA) is 62.5 Å². The van der Waals surface area contributed by atoms with E-state index in [1.54, 1.807) is 18.5 Å². The second-order valence-electron chi connectivity index (χ2n) is 6.88. The molecule has 1 aliphatic rings. The van der Waals surface area contributed by atoms with Gasteiger partial charge in [-0.1, -0.05) is 4.40 Å². The van der Waals surface area contributed by atoms with Gasteiger partial charge in [-0.2, -0.15) is 18.3 Å². The van der Waals surface area contributed by atoms with Crippen LogP contribution in [-0.2, 0) is 22.3 Å². The number of hydrogen-bond donors (Lipinski definition) is 0. The summed E-state index contributed by atoms with van der Waals surface area (Å²) in [4.78, 5) is 0. The fraction of sp³-hybridized carbons (Fsp3) is 0.556. The average Bonchev–Trinajstić information content (AvgIpc) is 3.02. The Morgan fingerprint density at radius 2 is 2.15 bits per heavy atom. The number of rotatable bonds is 4. The van der Waals surface area contributed by atoms with Gasteiger partial charge in [0.15, 0.2) is 6.23 Å². The number of hydrogen-bond acceptors (Lipinski definition) is 4. The van der Waals surface area contributed by atoms with E-state index in [2.05, 4.69) is 9.50 Å². The number of aryl methyl sites for hydroxylation is 1. The highest BCUT2D eigenvalue weighted by atomic mass is 32.2. The van der Waals surface area contributed by atoms with Gasteiger partial charge >= 0.3 is 6.18 Å². The van der Waals surface area contributed by atoms with E-state index < -0.39 is 23.1 Å². The Kier molecular flexibility index (Phi) is 5.83. The van der Waals surface area contributed by atoms with E-state index in [-0.39, 0.29) is 22.6 Å². The number of aromatic nitrogens is 2. The maximum atomic E-state index is 13.7. The minimum absolute atomic E-state index is 0.0735. The van der Waals surface area contributed by atoms with Gasteiger partial charge in [0.1, 0.15) is 5.25 Å². The maximum absolute atomic E-state index is 13.7. The normalized spacial score (nSPS) is 20.1. The SMILES string of the molecule is Cc1cc2c(cnn2C2CCCCO2)c(C=N[S+]([O-])C(C)C)c1C(F)(F)F. The maximum Gasteiger partial charge on any atom is 0.417 e. The highest BCUT2D eigenvalue weighted by Gasteiger charge is 2.37. The molecule has 1 fully saturated rings. The molecule has 27 heavy (non-hydrogen) atoms. The molecule has 148 valence electrons. The summed E-state index contributed by atoms with van der Waals surface area (Å²) in [6.07, 6.45) is 0.338. The van der Waals surface area contributed by atoms with Crippen LogP contribution in [0.2, 0.25) is 0 Å². The van der Waals surface area contributed by atoms with Crippen LogP contribution in [0.25, 0.3) is 10.9 Å². The van der Waals surface area contributed by atoms with Gasteiger partial charge in [0, 0.05) is 17.6 Å². The van der Waals surface area contributed by atoms with Gasteiger partial charge in [-0.3, -0.25) is 0 Å². The first kappa shape index (κ1) is 20.2. The van der Waals surface area contributed by atoms with Gasteiger partial charge in [-0.05, 0) is 51.7 Å². The zero-order valence-corrected chi connectivity index (χ0v) is 16.2. The number of fused-ring (bicyclic) bond motifs is 1. The van der Waals surface area contributed by atoms with Crippen molar-refractivity contribution in [2.24, 2.45) is 4.40 Å². The van der Waals surface area contributed by atoms with Gasteiger partial charge < -0.3 is 9.29 Å². The molecule has 0 radical (unpaired) electrons. The molecule has 0 saturated carbocycles. The van der Waals surface area contributed by atoms with Crippen LogP contribution in [0.5, 0.6) is 0 Å². The zero-order valence-electron chi connectivity index (χ0n) is 15.4. The number of ether oxygens (including phenoxy) is 1. The second-order valence-corrected chi connectivity index (χ2v) is 8.59. The molecule has 2 atom stereocenters. The zero-order chi connectivity index (χ0) is 19.8. The molecule has 1 aromatic carbocycles. The molecule has 0 bridgehead atoms. The standard InChI is InChI=1S/C18H22F3N3O2S/c1-11(2)27(25)23-10-14-13-9-22-24(16-6-4-5-7-26-16)15(13)8-12(3)17(14)18(19,20)21/h8-11,16H,4-7H2,1-3H3. The van der Waals surface area contributed by atoms with E-state index >= 15 is 0 Å². The molecule has 0 amide bonds. The van der Waals surface area contributed by atoms with Crippen LogP contribution in [-0.4, -0.2) is 32.4 Å². The average molecular weight is 401 g/mol. The lowest BCUT2D eigenvalue weighted by Gasteiger charge is -2.24. The molecule has 0 N–H and O–H groups in total. The summed E-state index contributed by atoms with van der Waals surface area (Å²) in [5.41, 5.74) is -0.245. The van der Waals surface area contributed by atoms with E-state index in [0.717, 1.165) is 25.5 Å². The van der Waals surface area contributed by atoms with Gasteiger partial charge in [0.2, 0.25) is 0 Å². The number of alkyl halides is 3. The molecule has 9 heteroatoms. The van der Waals surface area contributed by atoms with E-state index in [0.29, 0.717) is 17.5 Å². The molecule has 1 aliphatic heterocycles. The minimum Gasteiger partial charge on any atom is -0.591 e. The summed E-state index contributed by atoms with van der Waals surface area (Å²) in [6.45, 7) is 5.41. The summed E-state index contributed by atoms with van der Waals surface area (Å²) in [7, 11) is 0. The van der Waals surface area contributed by atoms with Gasteiger partial charge in [0.25, 0.3) is 0 Å². The summed E-state index contributed by atoms with van der Waals surface area (Å²) in [6, 6.07) is 1.49. The number of halogens is 3. The third-order valence-corrected chi connectivity index (χ3v) is 5.66. The first-order valence-corrected chi connectivity index (χ1v) is 10.0. The Hall–Kier alpha value is -1.58. The van der Waals surface area contributed by atoms with Crippen LogP contribution in [0, 0.1) is 6.92 Å². The monoisotopic (exact) mass is 401 g/mol. The molecule has 3 rings (SSSR count). The second kappa shape index (κ2) is 7.81. The lowest BCUT2D eigenvalue weighted by atomic mass is 9.98. The molecule has 5 nitrogen and oxygen atoms in total. The van der Waals surface area contributed by atoms with Crippen molar-refractivity contribution < 1.29 is 22.5 Å². The van der Waals surface area contributed by atoms with Crippen molar-refractivity contribution in [1.82, 2.24) is 9.78 Å². The van der Waals surface area contributed by atoms with Crippen LogP contribution >= 0.6 is 0 Å². The highest BCUT2D eigenvalue weighted by molar-refractivity contribution is 7.90. The van der Waals surface area contributed by atoms with Crippen molar-refractivity contribution in [1.29, 1.82) is 0 Å². The minimum atomic E-state index is -4.55. The Balaban J connectivity index is 2.17. The third kappa shape index (κ3) is 4.14. The van der Waals surface area contributed by atoms with Crippen molar-refractivity contribution in [3.05, 3.63) is 29.0 Å². The molecular weight excluding hydrogens is 379 g/mol. The predicted octanol–water partition coefficient (Wildman–Crippen LogP) is 4.55. The largest absolute Gasteiger partial charge is 0.591 e. The summed E-state index contributed by atoms with van der Waals surface area (Å²) in [5.74, 6) is 0. The quantitative estimate of drug-likeness (QED) is 0.558. The Morgan fingerprint density at radius 1 is 1.41 bits per heavy atom. The molecule has 1 saturated heterocycles.